The van der Waals surface area contributed by atoms with Crippen molar-refractivity contribution in [2.45, 2.75) is 76.3 Å². The van der Waals surface area contributed by atoms with Gasteiger partial charge in [0.25, 0.3) is 0 Å². The highest BCUT2D eigenvalue weighted by Crippen LogP contribution is 2.34. The zero-order chi connectivity index (χ0) is 18.4. The van der Waals surface area contributed by atoms with Gasteiger partial charge in [-0.15, -0.1) is 10.2 Å². The Bertz CT molecular complexity index is 733. The molecule has 3 fully saturated rings. The number of hydrogen-bond acceptors (Lipinski definition) is 4. The molecular formula is C20H29N5O2. The van der Waals surface area contributed by atoms with Crippen LogP contribution in [0.3, 0.4) is 0 Å². The number of amides is 2. The van der Waals surface area contributed by atoms with Crippen LogP contribution >= 0.6 is 0 Å². The molecule has 2 saturated heterocycles. The fourth-order valence-corrected chi connectivity index (χ4v) is 5.06. The average molecular weight is 371 g/mol. The first kappa shape index (κ1) is 17.2. The smallest absolute Gasteiger partial charge is 0.227 e. The largest absolute Gasteiger partial charge is 0.342 e. The Morgan fingerprint density at radius 2 is 1.78 bits per heavy atom. The first-order valence-corrected chi connectivity index (χ1v) is 10.7. The first-order chi connectivity index (χ1) is 13.2. The van der Waals surface area contributed by atoms with Crippen LogP contribution in [0.15, 0.2) is 0 Å². The third-order valence-corrected chi connectivity index (χ3v) is 6.81. The summed E-state index contributed by atoms with van der Waals surface area (Å²) in [6.07, 6.45) is 9.28. The van der Waals surface area contributed by atoms with E-state index in [-0.39, 0.29) is 17.7 Å². The summed E-state index contributed by atoms with van der Waals surface area (Å²) in [5.74, 6) is 2.92. The Hall–Kier alpha value is -1.92. The van der Waals surface area contributed by atoms with Gasteiger partial charge in [-0.3, -0.25) is 9.59 Å². The predicted molar refractivity (Wildman–Crippen MR) is 99.0 cm³/mol. The molecule has 1 atom stereocenters. The summed E-state index contributed by atoms with van der Waals surface area (Å²) in [5.41, 5.74) is 0. The van der Waals surface area contributed by atoms with Crippen molar-refractivity contribution >= 4 is 11.8 Å². The number of piperidine rings is 1. The Labute approximate surface area is 160 Å². The van der Waals surface area contributed by atoms with E-state index in [1.807, 2.05) is 9.80 Å². The molecule has 0 N–H and O–H groups in total. The second kappa shape index (κ2) is 6.91. The number of aryl methyl sites for hydroxylation is 1. The van der Waals surface area contributed by atoms with Gasteiger partial charge in [0.1, 0.15) is 11.6 Å². The van der Waals surface area contributed by atoms with Crippen LogP contribution in [-0.4, -0.2) is 62.1 Å². The Morgan fingerprint density at radius 3 is 2.56 bits per heavy atom. The molecule has 4 heterocycles. The maximum absolute atomic E-state index is 12.9. The van der Waals surface area contributed by atoms with Gasteiger partial charge in [-0.2, -0.15) is 0 Å². The van der Waals surface area contributed by atoms with Crippen molar-refractivity contribution in [2.75, 3.05) is 19.6 Å². The van der Waals surface area contributed by atoms with Crippen LogP contribution in [0, 0.1) is 5.92 Å². The highest BCUT2D eigenvalue weighted by molar-refractivity contribution is 5.89. The molecule has 1 aromatic heterocycles. The van der Waals surface area contributed by atoms with Crippen LogP contribution in [-0.2, 0) is 22.6 Å². The summed E-state index contributed by atoms with van der Waals surface area (Å²) in [6.45, 7) is 3.23. The number of hydrogen-bond donors (Lipinski definition) is 0. The number of likely N-dealkylation sites (tertiary alicyclic amines) is 2. The highest BCUT2D eigenvalue weighted by atomic mass is 16.2. The quantitative estimate of drug-likeness (QED) is 0.811. The van der Waals surface area contributed by atoms with Crippen LogP contribution in [0.25, 0.3) is 0 Å². The fraction of sp³-hybridized carbons (Fsp3) is 0.800. The van der Waals surface area contributed by atoms with Gasteiger partial charge < -0.3 is 14.4 Å². The number of fused-ring (bicyclic) bond motifs is 1. The minimum atomic E-state index is -0.126. The van der Waals surface area contributed by atoms with Gasteiger partial charge in [-0.1, -0.05) is 6.42 Å². The number of rotatable bonds is 3. The SMILES string of the molecule is O=C(C1CC(=O)N(C2CC2)C1)N1CCC(c2nnc3n2CCCCC3)CC1. The Morgan fingerprint density at radius 1 is 0.963 bits per heavy atom. The second-order valence-corrected chi connectivity index (χ2v) is 8.71. The molecule has 0 aromatic carbocycles. The Kier molecular flexibility index (Phi) is 4.40. The topological polar surface area (TPSA) is 71.3 Å². The summed E-state index contributed by atoms with van der Waals surface area (Å²) < 4.78 is 2.35. The van der Waals surface area contributed by atoms with E-state index in [9.17, 15) is 9.59 Å². The maximum Gasteiger partial charge on any atom is 0.227 e. The molecule has 3 aliphatic heterocycles. The van der Waals surface area contributed by atoms with Gasteiger partial charge in [0.2, 0.25) is 11.8 Å². The van der Waals surface area contributed by atoms with E-state index in [0.717, 1.165) is 63.4 Å². The zero-order valence-corrected chi connectivity index (χ0v) is 16.0. The molecule has 0 bridgehead atoms. The Balaban J connectivity index is 1.20. The maximum atomic E-state index is 12.9. The van der Waals surface area contributed by atoms with Crippen LogP contribution in [0.4, 0.5) is 0 Å². The van der Waals surface area contributed by atoms with E-state index in [2.05, 4.69) is 14.8 Å². The van der Waals surface area contributed by atoms with Gasteiger partial charge in [0.15, 0.2) is 0 Å². The monoisotopic (exact) mass is 371 g/mol. The molecule has 146 valence electrons. The van der Waals surface area contributed by atoms with Gasteiger partial charge in [-0.05, 0) is 38.5 Å². The van der Waals surface area contributed by atoms with Crippen molar-refractivity contribution in [2.24, 2.45) is 5.92 Å². The molecule has 2 amide bonds. The molecule has 1 aromatic rings. The third kappa shape index (κ3) is 3.25. The number of nitrogens with zero attached hydrogens (tertiary/aromatic N) is 5. The lowest BCUT2D eigenvalue weighted by Gasteiger charge is -2.33. The van der Waals surface area contributed by atoms with Crippen molar-refractivity contribution in [3.05, 3.63) is 11.6 Å². The van der Waals surface area contributed by atoms with Gasteiger partial charge in [0.05, 0.1) is 5.92 Å². The summed E-state index contributed by atoms with van der Waals surface area (Å²) >= 11 is 0. The predicted octanol–water partition coefficient (Wildman–Crippen LogP) is 1.72. The van der Waals surface area contributed by atoms with E-state index >= 15 is 0 Å². The van der Waals surface area contributed by atoms with Crippen molar-refractivity contribution < 1.29 is 9.59 Å². The van der Waals surface area contributed by atoms with Gasteiger partial charge in [0, 0.05) is 51.0 Å². The summed E-state index contributed by atoms with van der Waals surface area (Å²) in [5, 5.41) is 8.95. The van der Waals surface area contributed by atoms with E-state index in [0.29, 0.717) is 24.9 Å². The summed E-state index contributed by atoms with van der Waals surface area (Å²) in [7, 11) is 0. The molecule has 0 spiro atoms. The highest BCUT2D eigenvalue weighted by Gasteiger charge is 2.43. The molecule has 1 aliphatic carbocycles. The van der Waals surface area contributed by atoms with E-state index in [1.165, 1.54) is 19.3 Å². The van der Waals surface area contributed by atoms with E-state index < -0.39 is 0 Å². The first-order valence-electron chi connectivity index (χ1n) is 10.7. The lowest BCUT2D eigenvalue weighted by atomic mass is 9.94. The summed E-state index contributed by atoms with van der Waals surface area (Å²) in [6, 6.07) is 0.421. The molecular weight excluding hydrogens is 342 g/mol. The third-order valence-electron chi connectivity index (χ3n) is 6.81. The van der Waals surface area contributed by atoms with Crippen molar-refractivity contribution in [1.82, 2.24) is 24.6 Å². The standard InChI is InChI=1S/C20H29N5O2/c26-18-12-15(13-25(18)16-5-6-16)20(27)23-10-7-14(8-11-23)19-22-21-17-4-2-1-3-9-24(17)19/h14-16H,1-13H2. The van der Waals surface area contributed by atoms with Crippen molar-refractivity contribution in [3.8, 4) is 0 Å². The lowest BCUT2D eigenvalue weighted by Crippen LogP contribution is -2.42. The van der Waals surface area contributed by atoms with E-state index in [1.54, 1.807) is 0 Å². The molecule has 0 radical (unpaired) electrons. The molecule has 1 saturated carbocycles. The van der Waals surface area contributed by atoms with E-state index in [4.69, 9.17) is 0 Å². The molecule has 27 heavy (non-hydrogen) atoms. The molecule has 5 rings (SSSR count). The summed E-state index contributed by atoms with van der Waals surface area (Å²) in [4.78, 5) is 29.0. The van der Waals surface area contributed by atoms with Crippen LogP contribution in [0.2, 0.25) is 0 Å². The van der Waals surface area contributed by atoms with Crippen molar-refractivity contribution in [3.63, 3.8) is 0 Å². The van der Waals surface area contributed by atoms with Gasteiger partial charge >= 0.3 is 0 Å². The molecule has 7 nitrogen and oxygen atoms in total. The molecule has 7 heteroatoms. The lowest BCUT2D eigenvalue weighted by molar-refractivity contribution is -0.136. The zero-order valence-electron chi connectivity index (χ0n) is 16.0. The fourth-order valence-electron chi connectivity index (χ4n) is 5.06. The van der Waals surface area contributed by atoms with Crippen LogP contribution < -0.4 is 0 Å². The average Bonchev–Trinajstić information content (AvgIpc) is 3.41. The molecule has 4 aliphatic rings. The number of carbonyl (C=O) groups is 2. The van der Waals surface area contributed by atoms with Crippen LogP contribution in [0.1, 0.15) is 68.9 Å². The number of carbonyl (C=O) groups excluding carboxylic acids is 2. The minimum absolute atomic E-state index is 0.126. The minimum Gasteiger partial charge on any atom is -0.342 e. The van der Waals surface area contributed by atoms with Crippen LogP contribution in [0.5, 0.6) is 0 Å². The van der Waals surface area contributed by atoms with Gasteiger partial charge in [-0.25, -0.2) is 0 Å². The molecule has 1 unspecified atom stereocenters. The second-order valence-electron chi connectivity index (χ2n) is 8.71. The van der Waals surface area contributed by atoms with Crippen molar-refractivity contribution in [1.29, 1.82) is 0 Å². The number of aromatic nitrogens is 3. The normalized spacial score (nSPS) is 27.0.